The van der Waals surface area contributed by atoms with Crippen molar-refractivity contribution < 1.29 is 9.59 Å². The fourth-order valence-corrected chi connectivity index (χ4v) is 3.37. The molecule has 2 heterocycles. The molecule has 2 aromatic rings. The number of imidazole rings is 1. The van der Waals surface area contributed by atoms with E-state index in [1.807, 2.05) is 16.7 Å². The highest BCUT2D eigenvalue weighted by Crippen LogP contribution is 2.23. The van der Waals surface area contributed by atoms with Crippen molar-refractivity contribution in [1.82, 2.24) is 20.2 Å². The van der Waals surface area contributed by atoms with E-state index in [9.17, 15) is 9.59 Å². The summed E-state index contributed by atoms with van der Waals surface area (Å²) in [6.45, 7) is 1.13. The molecule has 1 aliphatic heterocycles. The summed E-state index contributed by atoms with van der Waals surface area (Å²) >= 11 is 5.88. The van der Waals surface area contributed by atoms with Gasteiger partial charge in [0.15, 0.2) is 5.82 Å². The summed E-state index contributed by atoms with van der Waals surface area (Å²) in [5, 5.41) is 6.53. The number of rotatable bonds is 5. The first-order chi connectivity index (χ1) is 12.6. The zero-order chi connectivity index (χ0) is 18.1. The highest BCUT2D eigenvalue weighted by molar-refractivity contribution is 6.30. The molecule has 6 nitrogen and oxygen atoms in total. The Morgan fingerprint density at radius 1 is 1.15 bits per heavy atom. The molecule has 0 unspecified atom stereocenters. The Balaban J connectivity index is 1.52. The van der Waals surface area contributed by atoms with Gasteiger partial charge >= 0.3 is 0 Å². The van der Waals surface area contributed by atoms with Crippen LogP contribution in [-0.2, 0) is 19.5 Å². The van der Waals surface area contributed by atoms with Crippen LogP contribution < -0.4 is 10.6 Å². The number of carbonyl (C=O) groups excluding carboxylic acids is 2. The van der Waals surface area contributed by atoms with E-state index in [1.165, 1.54) is 0 Å². The maximum atomic E-state index is 12.7. The van der Waals surface area contributed by atoms with E-state index in [4.69, 9.17) is 11.6 Å². The molecule has 4 rings (SSSR count). The summed E-state index contributed by atoms with van der Waals surface area (Å²) < 4.78 is 1.92. The Labute approximate surface area is 156 Å². The highest BCUT2D eigenvalue weighted by atomic mass is 35.5. The quantitative estimate of drug-likeness (QED) is 0.847. The minimum atomic E-state index is -0.240. The van der Waals surface area contributed by atoms with Gasteiger partial charge in [0.25, 0.3) is 11.8 Å². The second-order valence-corrected chi connectivity index (χ2v) is 7.33. The monoisotopic (exact) mass is 372 g/mol. The maximum Gasteiger partial charge on any atom is 0.287 e. The molecule has 2 amide bonds. The Hall–Kier alpha value is -2.34. The average molecular weight is 373 g/mol. The lowest BCUT2D eigenvalue weighted by molar-refractivity contribution is 0.0935. The van der Waals surface area contributed by atoms with Gasteiger partial charge in [-0.05, 0) is 49.8 Å². The second kappa shape index (κ2) is 7.11. The van der Waals surface area contributed by atoms with Gasteiger partial charge in [-0.3, -0.25) is 9.59 Å². The molecule has 1 fully saturated rings. The van der Waals surface area contributed by atoms with Gasteiger partial charge in [0.1, 0.15) is 5.69 Å². The molecular formula is C19H21ClN4O2. The van der Waals surface area contributed by atoms with Crippen LogP contribution in [-0.4, -0.2) is 27.4 Å². The number of carbonyl (C=O) groups is 2. The zero-order valence-electron chi connectivity index (χ0n) is 14.4. The van der Waals surface area contributed by atoms with Gasteiger partial charge < -0.3 is 15.2 Å². The van der Waals surface area contributed by atoms with Crippen LogP contribution in [0.3, 0.4) is 0 Å². The van der Waals surface area contributed by atoms with Gasteiger partial charge in [-0.1, -0.05) is 23.7 Å². The van der Waals surface area contributed by atoms with E-state index in [-0.39, 0.29) is 17.9 Å². The molecule has 1 aliphatic carbocycles. The Morgan fingerprint density at radius 2 is 1.92 bits per heavy atom. The first-order valence-electron chi connectivity index (χ1n) is 9.05. The molecule has 0 spiro atoms. The van der Waals surface area contributed by atoms with Crippen molar-refractivity contribution in [3.63, 3.8) is 0 Å². The molecule has 1 saturated carbocycles. The number of hydrogen-bond donors (Lipinski definition) is 2. The van der Waals surface area contributed by atoms with Crippen LogP contribution in [0.25, 0.3) is 0 Å². The third kappa shape index (κ3) is 3.60. The van der Waals surface area contributed by atoms with Crippen molar-refractivity contribution in [3.05, 3.63) is 52.1 Å². The highest BCUT2D eigenvalue weighted by Gasteiger charge is 2.30. The van der Waals surface area contributed by atoms with Gasteiger partial charge in [0.2, 0.25) is 0 Å². The number of hydrogen-bond acceptors (Lipinski definition) is 3. The first kappa shape index (κ1) is 17.1. The minimum absolute atomic E-state index is 0.174. The molecule has 26 heavy (non-hydrogen) atoms. The van der Waals surface area contributed by atoms with Crippen LogP contribution in [0.5, 0.6) is 0 Å². The van der Waals surface area contributed by atoms with Crippen LogP contribution in [0, 0.1) is 0 Å². The summed E-state index contributed by atoms with van der Waals surface area (Å²) in [4.78, 5) is 29.6. The summed E-state index contributed by atoms with van der Waals surface area (Å²) in [5.41, 5.74) is 2.20. The molecule has 0 saturated heterocycles. The first-order valence-corrected chi connectivity index (χ1v) is 9.42. The van der Waals surface area contributed by atoms with Gasteiger partial charge in [0, 0.05) is 24.2 Å². The van der Waals surface area contributed by atoms with E-state index >= 15 is 0 Å². The summed E-state index contributed by atoms with van der Waals surface area (Å²) in [6, 6.07) is 7.60. The van der Waals surface area contributed by atoms with Gasteiger partial charge in [-0.2, -0.15) is 0 Å². The summed E-state index contributed by atoms with van der Waals surface area (Å²) in [5.74, 6) is -0.0493. The molecular weight excluding hydrogens is 352 g/mol. The standard InChI is InChI=1S/C19H21ClN4O2/c20-13-6-4-12(5-7-13)11-21-18(25)16-15-3-1-2-10-24(15)17(23-16)19(26)22-14-8-9-14/h4-7,14H,1-3,8-11H2,(H,21,25)(H,22,26). The van der Waals surface area contributed by atoms with E-state index in [0.717, 1.165) is 49.9 Å². The molecule has 2 N–H and O–H groups in total. The van der Waals surface area contributed by atoms with E-state index in [0.29, 0.717) is 23.1 Å². The summed E-state index contributed by atoms with van der Waals surface area (Å²) in [6.07, 6.45) is 4.82. The Bertz CT molecular complexity index is 840. The number of nitrogens with one attached hydrogen (secondary N) is 2. The lowest BCUT2D eigenvalue weighted by Gasteiger charge is -2.17. The lowest BCUT2D eigenvalue weighted by Crippen LogP contribution is -2.29. The topological polar surface area (TPSA) is 76.0 Å². The third-order valence-electron chi connectivity index (χ3n) is 4.81. The van der Waals surface area contributed by atoms with Crippen LogP contribution in [0.4, 0.5) is 0 Å². The van der Waals surface area contributed by atoms with Crippen molar-refractivity contribution >= 4 is 23.4 Å². The van der Waals surface area contributed by atoms with Crippen molar-refractivity contribution in [1.29, 1.82) is 0 Å². The average Bonchev–Trinajstić information content (AvgIpc) is 3.38. The number of nitrogens with zero attached hydrogens (tertiary/aromatic N) is 2. The lowest BCUT2D eigenvalue weighted by atomic mass is 10.1. The molecule has 2 aliphatic rings. The van der Waals surface area contributed by atoms with Gasteiger partial charge in [0.05, 0.1) is 5.69 Å². The molecule has 0 atom stereocenters. The van der Waals surface area contributed by atoms with Crippen molar-refractivity contribution in [2.24, 2.45) is 0 Å². The van der Waals surface area contributed by atoms with Gasteiger partial charge in [-0.15, -0.1) is 0 Å². The van der Waals surface area contributed by atoms with E-state index in [1.54, 1.807) is 12.1 Å². The molecule has 136 valence electrons. The molecule has 0 bridgehead atoms. The number of halogens is 1. The van der Waals surface area contributed by atoms with Crippen molar-refractivity contribution in [2.75, 3.05) is 0 Å². The smallest absolute Gasteiger partial charge is 0.287 e. The number of amides is 2. The third-order valence-corrected chi connectivity index (χ3v) is 5.07. The fourth-order valence-electron chi connectivity index (χ4n) is 3.24. The van der Waals surface area contributed by atoms with E-state index in [2.05, 4.69) is 15.6 Å². The molecule has 7 heteroatoms. The Kier molecular flexibility index (Phi) is 4.68. The molecule has 1 aromatic heterocycles. The zero-order valence-corrected chi connectivity index (χ0v) is 15.2. The predicted molar refractivity (Wildman–Crippen MR) is 98.3 cm³/mol. The molecule has 0 radical (unpaired) electrons. The van der Waals surface area contributed by atoms with Crippen LogP contribution in [0.2, 0.25) is 5.02 Å². The Morgan fingerprint density at radius 3 is 2.65 bits per heavy atom. The van der Waals surface area contributed by atoms with Crippen LogP contribution in [0.15, 0.2) is 24.3 Å². The normalized spacial score (nSPS) is 16.0. The predicted octanol–water partition coefficient (Wildman–Crippen LogP) is 2.70. The van der Waals surface area contributed by atoms with E-state index < -0.39 is 0 Å². The van der Waals surface area contributed by atoms with Crippen molar-refractivity contribution in [3.8, 4) is 0 Å². The van der Waals surface area contributed by atoms with Crippen molar-refractivity contribution in [2.45, 2.75) is 51.2 Å². The SMILES string of the molecule is O=C(NCc1ccc(Cl)cc1)c1nc(C(=O)NC2CC2)n2c1CCCC2. The van der Waals surface area contributed by atoms with Crippen LogP contribution >= 0.6 is 11.6 Å². The minimum Gasteiger partial charge on any atom is -0.347 e. The number of fused-ring (bicyclic) bond motifs is 1. The summed E-state index contributed by atoms with van der Waals surface area (Å²) in [7, 11) is 0. The fraction of sp³-hybridized carbons (Fsp3) is 0.421. The van der Waals surface area contributed by atoms with Gasteiger partial charge in [-0.25, -0.2) is 4.98 Å². The maximum absolute atomic E-state index is 12.7. The largest absolute Gasteiger partial charge is 0.347 e. The second-order valence-electron chi connectivity index (χ2n) is 6.90. The molecule has 1 aromatic carbocycles. The number of aromatic nitrogens is 2. The number of benzene rings is 1. The van der Waals surface area contributed by atoms with Crippen LogP contribution in [0.1, 0.15) is 58.0 Å².